The first kappa shape index (κ1) is 21.0. The van der Waals surface area contributed by atoms with E-state index in [1.165, 1.54) is 0 Å². The van der Waals surface area contributed by atoms with Crippen molar-refractivity contribution in [3.8, 4) is 5.75 Å². The average Bonchev–Trinajstić information content (AvgIpc) is 2.69. The van der Waals surface area contributed by atoms with Crippen LogP contribution in [0.4, 0.5) is 11.4 Å². The van der Waals surface area contributed by atoms with Gasteiger partial charge in [-0.25, -0.2) is 0 Å². The van der Waals surface area contributed by atoms with Crippen molar-refractivity contribution in [1.82, 2.24) is 5.32 Å². The maximum absolute atomic E-state index is 12.2. The van der Waals surface area contributed by atoms with E-state index in [2.05, 4.69) is 21.1 Å². The van der Waals surface area contributed by atoms with Gasteiger partial charge >= 0.3 is 5.91 Å². The molecule has 0 saturated carbocycles. The Labute approximate surface area is 163 Å². The Morgan fingerprint density at radius 2 is 1.89 bits per heavy atom. The van der Waals surface area contributed by atoms with Crippen LogP contribution in [-0.4, -0.2) is 38.1 Å². The molecule has 2 aromatic carbocycles. The number of carbonyl (C=O) groups excluding carboxylic acids is 2. The summed E-state index contributed by atoms with van der Waals surface area (Å²) < 4.78 is 5.25. The van der Waals surface area contributed by atoms with Crippen molar-refractivity contribution in [3.63, 3.8) is 0 Å². The number of rotatable bonds is 10. The maximum Gasteiger partial charge on any atom is 0.303 e. The number of amides is 2. The average molecular weight is 384 g/mol. The van der Waals surface area contributed by atoms with Gasteiger partial charge in [-0.1, -0.05) is 24.3 Å². The molecule has 8 nitrogen and oxygen atoms in total. The first-order valence-electron chi connectivity index (χ1n) is 8.87. The number of hydrogen-bond acceptors (Lipinski definition) is 6. The zero-order valence-corrected chi connectivity index (χ0v) is 15.9. The predicted molar refractivity (Wildman–Crippen MR) is 109 cm³/mol. The molecule has 8 heteroatoms. The summed E-state index contributed by atoms with van der Waals surface area (Å²) in [5.41, 5.74) is 2.44. The molecule has 0 bridgehead atoms. The van der Waals surface area contributed by atoms with Crippen LogP contribution < -0.4 is 20.7 Å². The number of methoxy groups -OCH3 is 1. The number of nitroso groups, excluding NO2 is 1. The number of nitrogens with one attached hydrogen (secondary N) is 3. The molecule has 28 heavy (non-hydrogen) atoms. The Morgan fingerprint density at radius 1 is 1.11 bits per heavy atom. The van der Waals surface area contributed by atoms with E-state index in [1.54, 1.807) is 13.2 Å². The second-order valence-electron chi connectivity index (χ2n) is 6.19. The third-order valence-electron chi connectivity index (χ3n) is 4.02. The van der Waals surface area contributed by atoms with Crippen molar-refractivity contribution in [3.05, 3.63) is 59.0 Å². The lowest BCUT2D eigenvalue weighted by molar-refractivity contribution is -0.124. The normalized spacial score (nSPS) is 11.4. The summed E-state index contributed by atoms with van der Waals surface area (Å²) in [5, 5.41) is 11.2. The van der Waals surface area contributed by atoms with E-state index in [-0.39, 0.29) is 12.3 Å². The molecule has 0 spiro atoms. The number of nitrogens with zero attached hydrogens (tertiary/aromatic N) is 1. The Balaban J connectivity index is 1.86. The molecular weight excluding hydrogens is 360 g/mol. The molecule has 0 aliphatic carbocycles. The largest absolute Gasteiger partial charge is 0.495 e. The number of carbonyl (C=O) groups is 2. The molecule has 0 saturated heterocycles. The molecule has 0 aliphatic rings. The first-order valence-corrected chi connectivity index (χ1v) is 8.87. The molecule has 0 heterocycles. The van der Waals surface area contributed by atoms with E-state index in [0.717, 1.165) is 11.3 Å². The zero-order chi connectivity index (χ0) is 20.4. The van der Waals surface area contributed by atoms with Gasteiger partial charge in [-0.3, -0.25) is 9.59 Å². The Kier molecular flexibility index (Phi) is 8.11. The highest BCUT2D eigenvalue weighted by Crippen LogP contribution is 2.22. The third kappa shape index (κ3) is 6.48. The lowest BCUT2D eigenvalue weighted by Gasteiger charge is -2.16. The van der Waals surface area contributed by atoms with Gasteiger partial charge in [0.05, 0.1) is 19.2 Å². The number of hydrogen-bond donors (Lipinski definition) is 3. The van der Waals surface area contributed by atoms with Gasteiger partial charge in [0, 0.05) is 24.0 Å². The van der Waals surface area contributed by atoms with Gasteiger partial charge in [0.2, 0.25) is 5.91 Å². The van der Waals surface area contributed by atoms with Crippen LogP contribution in [0, 0.1) is 11.8 Å². The molecule has 3 N–H and O–H groups in total. The lowest BCUT2D eigenvalue weighted by atomic mass is 10.1. The van der Waals surface area contributed by atoms with Crippen LogP contribution in [0.15, 0.2) is 53.7 Å². The molecule has 0 fully saturated rings. The molecule has 2 aromatic rings. The quantitative estimate of drug-likeness (QED) is 0.429. The first-order chi connectivity index (χ1) is 13.5. The van der Waals surface area contributed by atoms with E-state index in [9.17, 15) is 14.5 Å². The summed E-state index contributed by atoms with van der Waals surface area (Å²) in [5.74, 6) is -0.586. The van der Waals surface area contributed by atoms with Crippen molar-refractivity contribution in [1.29, 1.82) is 0 Å². The monoisotopic (exact) mass is 384 g/mol. The predicted octanol–water partition coefficient (Wildman–Crippen LogP) is 2.70. The van der Waals surface area contributed by atoms with Gasteiger partial charge in [-0.15, -0.1) is 4.91 Å². The summed E-state index contributed by atoms with van der Waals surface area (Å²) in [6.07, 6.45) is -0.187. The van der Waals surface area contributed by atoms with E-state index in [4.69, 9.17) is 4.74 Å². The van der Waals surface area contributed by atoms with Gasteiger partial charge in [-0.2, -0.15) is 0 Å². The van der Waals surface area contributed by atoms with E-state index >= 15 is 0 Å². The molecule has 2 rings (SSSR count). The Bertz CT molecular complexity index is 825. The van der Waals surface area contributed by atoms with Crippen LogP contribution in [0.25, 0.3) is 0 Å². The van der Waals surface area contributed by atoms with Crippen molar-refractivity contribution in [2.75, 3.05) is 30.8 Å². The van der Waals surface area contributed by atoms with Crippen LogP contribution in [0.5, 0.6) is 5.75 Å². The fraction of sp³-hybridized carbons (Fsp3) is 0.300. The molecule has 0 radical (unpaired) electrons. The van der Waals surface area contributed by atoms with Crippen molar-refractivity contribution in [2.24, 2.45) is 5.18 Å². The van der Waals surface area contributed by atoms with Crippen molar-refractivity contribution >= 4 is 23.2 Å². The number of anilines is 2. The second kappa shape index (κ2) is 10.8. The summed E-state index contributed by atoms with van der Waals surface area (Å²) in [6, 6.07) is 13.7. The minimum atomic E-state index is -0.984. The number of para-hydroxylation sites is 2. The minimum Gasteiger partial charge on any atom is -0.495 e. The smallest absolute Gasteiger partial charge is 0.303 e. The highest BCUT2D eigenvalue weighted by Gasteiger charge is 2.22. The molecular formula is C20H24N4O4. The highest BCUT2D eigenvalue weighted by molar-refractivity contribution is 5.95. The highest BCUT2D eigenvalue weighted by atomic mass is 16.5. The topological polar surface area (TPSA) is 109 Å². The van der Waals surface area contributed by atoms with Crippen LogP contribution in [0.2, 0.25) is 0 Å². The van der Waals surface area contributed by atoms with Gasteiger partial charge in [0.25, 0.3) is 0 Å². The molecule has 2 amide bonds. The van der Waals surface area contributed by atoms with E-state index < -0.39 is 11.9 Å². The van der Waals surface area contributed by atoms with Crippen LogP contribution in [0.3, 0.4) is 0 Å². The van der Waals surface area contributed by atoms with E-state index in [1.807, 2.05) is 49.4 Å². The summed E-state index contributed by atoms with van der Waals surface area (Å²) in [7, 11) is 1.58. The van der Waals surface area contributed by atoms with Crippen LogP contribution in [0.1, 0.15) is 12.0 Å². The lowest BCUT2D eigenvalue weighted by Crippen LogP contribution is -2.41. The molecule has 0 aliphatic heterocycles. The third-order valence-corrected chi connectivity index (χ3v) is 4.02. The minimum absolute atomic E-state index is 0.187. The molecule has 148 valence electrons. The van der Waals surface area contributed by atoms with Crippen molar-refractivity contribution in [2.45, 2.75) is 19.4 Å². The van der Waals surface area contributed by atoms with Gasteiger partial charge < -0.3 is 20.7 Å². The maximum atomic E-state index is 12.2. The zero-order valence-electron chi connectivity index (χ0n) is 15.9. The Hall–Kier alpha value is -3.26. The van der Waals surface area contributed by atoms with Gasteiger partial charge in [0.15, 0.2) is 0 Å². The number of ether oxygens (including phenoxy) is 1. The summed E-state index contributed by atoms with van der Waals surface area (Å²) in [6.45, 7) is 2.72. The van der Waals surface area contributed by atoms with Crippen LogP contribution in [-0.2, 0) is 9.59 Å². The molecule has 1 atom stereocenters. The summed E-state index contributed by atoms with van der Waals surface area (Å²) >= 11 is 0. The SMILES string of the molecule is COc1ccccc1NCCNC(CC(=O)Nc1cccc(C)c1)C(=O)N=O. The Morgan fingerprint density at radius 3 is 2.61 bits per heavy atom. The molecule has 1 unspecified atom stereocenters. The van der Waals surface area contributed by atoms with Crippen LogP contribution >= 0.6 is 0 Å². The van der Waals surface area contributed by atoms with Gasteiger partial charge in [-0.05, 0) is 36.8 Å². The fourth-order valence-corrected chi connectivity index (χ4v) is 2.66. The summed E-state index contributed by atoms with van der Waals surface area (Å²) in [4.78, 5) is 34.6. The van der Waals surface area contributed by atoms with E-state index in [0.29, 0.717) is 24.5 Å². The molecule has 0 aromatic heterocycles. The fourth-order valence-electron chi connectivity index (χ4n) is 2.66. The van der Waals surface area contributed by atoms with Gasteiger partial charge in [0.1, 0.15) is 11.8 Å². The number of benzene rings is 2. The number of aryl methyl sites for hydroxylation is 1. The standard InChI is InChI=1S/C20H24N4O4/c1-14-6-5-7-15(12-14)23-19(25)13-17(20(26)24-27)22-11-10-21-16-8-3-4-9-18(16)28-2/h3-9,12,17,21-22H,10-11,13H2,1-2H3,(H,23,25). The van der Waals surface area contributed by atoms with Crippen molar-refractivity contribution < 1.29 is 14.3 Å². The second-order valence-corrected chi connectivity index (χ2v) is 6.19.